The molecule has 7 heteroatoms. The van der Waals surface area contributed by atoms with E-state index in [2.05, 4.69) is 16.9 Å². The van der Waals surface area contributed by atoms with Gasteiger partial charge < -0.3 is 10.6 Å². The summed E-state index contributed by atoms with van der Waals surface area (Å²) >= 11 is 1.84. The van der Waals surface area contributed by atoms with Gasteiger partial charge in [-0.15, -0.1) is 0 Å². The van der Waals surface area contributed by atoms with Crippen molar-refractivity contribution in [3.8, 4) is 0 Å². The van der Waals surface area contributed by atoms with Crippen LogP contribution >= 0.6 is 11.8 Å². The van der Waals surface area contributed by atoms with Crippen LogP contribution in [0.25, 0.3) is 0 Å². The summed E-state index contributed by atoms with van der Waals surface area (Å²) in [6, 6.07) is 6.30. The summed E-state index contributed by atoms with van der Waals surface area (Å²) in [5.41, 5.74) is 0.751. The molecule has 1 aliphatic carbocycles. The van der Waals surface area contributed by atoms with E-state index in [4.69, 9.17) is 0 Å². The average molecular weight is 309 g/mol. The van der Waals surface area contributed by atoms with Gasteiger partial charge >= 0.3 is 6.03 Å². The number of carbonyl (C=O) groups excluding carboxylic acids is 1. The lowest BCUT2D eigenvalue weighted by atomic mass is 10.2. The molecule has 0 aromatic heterocycles. The number of benzene rings is 1. The maximum Gasteiger partial charge on any atom is 0.315 e. The van der Waals surface area contributed by atoms with E-state index in [1.807, 2.05) is 11.8 Å². The Labute approximate surface area is 127 Å². The molecule has 0 spiro atoms. The normalized spacial score (nSPS) is 21.0. The Hall–Kier alpha value is -1.76. The highest BCUT2D eigenvalue weighted by Gasteiger charge is 2.24. The van der Waals surface area contributed by atoms with Crippen molar-refractivity contribution < 1.29 is 9.72 Å². The number of carbonyl (C=O) groups is 1. The SMILES string of the molecule is CSC1CCC(NC(=O)NCc2cccc([N+](=O)[O-])c2)C1. The molecule has 21 heavy (non-hydrogen) atoms. The Kier molecular flexibility index (Phi) is 5.44. The third-order valence-corrected chi connectivity index (χ3v) is 4.72. The molecular weight excluding hydrogens is 290 g/mol. The second-order valence-corrected chi connectivity index (χ2v) is 6.26. The van der Waals surface area contributed by atoms with Gasteiger partial charge in [-0.1, -0.05) is 12.1 Å². The van der Waals surface area contributed by atoms with Gasteiger partial charge in [0.25, 0.3) is 5.69 Å². The van der Waals surface area contributed by atoms with Crippen molar-refractivity contribution in [3.05, 3.63) is 39.9 Å². The molecule has 0 saturated heterocycles. The Balaban J connectivity index is 1.79. The molecule has 2 N–H and O–H groups in total. The predicted octanol–water partition coefficient (Wildman–Crippen LogP) is 2.68. The Morgan fingerprint density at radius 3 is 2.95 bits per heavy atom. The lowest BCUT2D eigenvalue weighted by Crippen LogP contribution is -2.40. The van der Waals surface area contributed by atoms with Gasteiger partial charge in [-0.05, 0) is 31.1 Å². The maximum atomic E-state index is 11.8. The van der Waals surface area contributed by atoms with E-state index in [9.17, 15) is 14.9 Å². The summed E-state index contributed by atoms with van der Waals surface area (Å²) in [5, 5.41) is 17.0. The fourth-order valence-corrected chi connectivity index (χ4v) is 3.28. The monoisotopic (exact) mass is 309 g/mol. The number of urea groups is 1. The van der Waals surface area contributed by atoms with Gasteiger partial charge in [0.05, 0.1) is 4.92 Å². The number of nitro benzene ring substituents is 1. The van der Waals surface area contributed by atoms with Crippen LogP contribution in [-0.4, -0.2) is 28.5 Å². The van der Waals surface area contributed by atoms with Crippen molar-refractivity contribution in [1.29, 1.82) is 0 Å². The number of nitro groups is 1. The minimum atomic E-state index is -0.440. The molecule has 1 aromatic carbocycles. The fourth-order valence-electron chi connectivity index (χ4n) is 2.48. The highest BCUT2D eigenvalue weighted by atomic mass is 32.2. The van der Waals surface area contributed by atoms with Crippen LogP contribution in [0.2, 0.25) is 0 Å². The van der Waals surface area contributed by atoms with Crippen LogP contribution in [0.4, 0.5) is 10.5 Å². The van der Waals surface area contributed by atoms with Crippen LogP contribution < -0.4 is 10.6 Å². The summed E-state index contributed by atoms with van der Waals surface area (Å²) in [6.45, 7) is 0.284. The average Bonchev–Trinajstić information content (AvgIpc) is 2.93. The first kappa shape index (κ1) is 15.6. The predicted molar refractivity (Wildman–Crippen MR) is 83.4 cm³/mol. The van der Waals surface area contributed by atoms with Crippen LogP contribution in [-0.2, 0) is 6.54 Å². The molecule has 0 heterocycles. The molecule has 0 radical (unpaired) electrons. The van der Waals surface area contributed by atoms with E-state index in [0.29, 0.717) is 10.8 Å². The highest BCUT2D eigenvalue weighted by molar-refractivity contribution is 7.99. The van der Waals surface area contributed by atoms with Crippen LogP contribution in [0.15, 0.2) is 24.3 Å². The number of thioether (sulfide) groups is 1. The van der Waals surface area contributed by atoms with Crippen molar-refractivity contribution in [2.24, 2.45) is 0 Å². The fraction of sp³-hybridized carbons (Fsp3) is 0.500. The molecule has 0 bridgehead atoms. The first-order valence-corrected chi connectivity index (χ1v) is 8.17. The zero-order valence-electron chi connectivity index (χ0n) is 11.9. The second kappa shape index (κ2) is 7.31. The molecule has 2 atom stereocenters. The minimum Gasteiger partial charge on any atom is -0.335 e. The number of amides is 2. The smallest absolute Gasteiger partial charge is 0.315 e. The molecule has 1 saturated carbocycles. The summed E-state index contributed by atoms with van der Waals surface area (Å²) in [4.78, 5) is 22.1. The van der Waals surface area contributed by atoms with Crippen LogP contribution in [0.1, 0.15) is 24.8 Å². The minimum absolute atomic E-state index is 0.0355. The van der Waals surface area contributed by atoms with Gasteiger partial charge in [-0.3, -0.25) is 10.1 Å². The Morgan fingerprint density at radius 1 is 1.48 bits per heavy atom. The molecule has 2 rings (SSSR count). The molecule has 6 nitrogen and oxygen atoms in total. The zero-order valence-corrected chi connectivity index (χ0v) is 12.7. The van der Waals surface area contributed by atoms with E-state index in [1.54, 1.807) is 12.1 Å². The zero-order chi connectivity index (χ0) is 15.2. The van der Waals surface area contributed by atoms with Gasteiger partial charge in [0, 0.05) is 30.0 Å². The molecule has 0 aliphatic heterocycles. The lowest BCUT2D eigenvalue weighted by Gasteiger charge is -2.13. The molecule has 114 valence electrons. The Bertz CT molecular complexity index is 524. The van der Waals surface area contributed by atoms with Gasteiger partial charge in [-0.25, -0.2) is 4.79 Å². The number of rotatable bonds is 5. The number of non-ortho nitro benzene ring substituents is 1. The maximum absolute atomic E-state index is 11.8. The first-order valence-electron chi connectivity index (χ1n) is 6.89. The van der Waals surface area contributed by atoms with Crippen molar-refractivity contribution in [3.63, 3.8) is 0 Å². The molecule has 1 aliphatic rings. The number of hydrogen-bond donors (Lipinski definition) is 2. The Morgan fingerprint density at radius 2 is 2.29 bits per heavy atom. The molecular formula is C14H19N3O3S. The van der Waals surface area contributed by atoms with E-state index >= 15 is 0 Å². The van der Waals surface area contributed by atoms with Crippen molar-refractivity contribution >= 4 is 23.5 Å². The second-order valence-electron chi connectivity index (χ2n) is 5.12. The van der Waals surface area contributed by atoms with Crippen molar-refractivity contribution in [2.45, 2.75) is 37.1 Å². The van der Waals surface area contributed by atoms with E-state index in [1.165, 1.54) is 12.1 Å². The highest BCUT2D eigenvalue weighted by Crippen LogP contribution is 2.27. The molecule has 2 amide bonds. The van der Waals surface area contributed by atoms with E-state index in [0.717, 1.165) is 19.3 Å². The molecule has 2 unspecified atom stereocenters. The summed E-state index contributed by atoms with van der Waals surface area (Å²) in [5.74, 6) is 0. The van der Waals surface area contributed by atoms with Crippen molar-refractivity contribution in [2.75, 3.05) is 6.26 Å². The largest absolute Gasteiger partial charge is 0.335 e. The quantitative estimate of drug-likeness (QED) is 0.647. The van der Waals surface area contributed by atoms with Crippen LogP contribution in [0, 0.1) is 10.1 Å². The third-order valence-electron chi connectivity index (χ3n) is 3.63. The van der Waals surface area contributed by atoms with Gasteiger partial charge in [-0.2, -0.15) is 11.8 Å². The molecule has 1 fully saturated rings. The number of nitrogens with zero attached hydrogens (tertiary/aromatic N) is 1. The van der Waals surface area contributed by atoms with Crippen LogP contribution in [0.5, 0.6) is 0 Å². The number of nitrogens with one attached hydrogen (secondary N) is 2. The van der Waals surface area contributed by atoms with Crippen LogP contribution in [0.3, 0.4) is 0 Å². The van der Waals surface area contributed by atoms with Gasteiger partial charge in [0.1, 0.15) is 0 Å². The lowest BCUT2D eigenvalue weighted by molar-refractivity contribution is -0.384. The van der Waals surface area contributed by atoms with E-state index in [-0.39, 0.29) is 24.3 Å². The third kappa shape index (κ3) is 4.63. The number of hydrogen-bond acceptors (Lipinski definition) is 4. The van der Waals surface area contributed by atoms with Gasteiger partial charge in [0.2, 0.25) is 0 Å². The van der Waals surface area contributed by atoms with Crippen molar-refractivity contribution in [1.82, 2.24) is 10.6 Å². The first-order chi connectivity index (χ1) is 10.1. The summed E-state index contributed by atoms with van der Waals surface area (Å²) < 4.78 is 0. The van der Waals surface area contributed by atoms with E-state index < -0.39 is 4.92 Å². The summed E-state index contributed by atoms with van der Waals surface area (Å²) in [6.07, 6.45) is 5.24. The standard InChI is InChI=1S/C14H19N3O3S/c1-21-13-6-5-11(8-13)16-14(18)15-9-10-3-2-4-12(7-10)17(19)20/h2-4,7,11,13H,5-6,8-9H2,1H3,(H2,15,16,18). The summed E-state index contributed by atoms with van der Waals surface area (Å²) in [7, 11) is 0. The molecule has 1 aromatic rings. The topological polar surface area (TPSA) is 84.3 Å². The van der Waals surface area contributed by atoms with Gasteiger partial charge in [0.15, 0.2) is 0 Å².